The third-order valence-electron chi connectivity index (χ3n) is 5.14. The van der Waals surface area contributed by atoms with Crippen LogP contribution in [-0.2, 0) is 12.8 Å². The molecule has 4 aromatic rings. The van der Waals surface area contributed by atoms with Gasteiger partial charge < -0.3 is 15.9 Å². The van der Waals surface area contributed by atoms with E-state index in [1.807, 2.05) is 6.07 Å². The molecular formula is C21H16Cl2N6O. The Bertz CT molecular complexity index is 1260. The SMILES string of the molecule is Nc1nc(-c2ccc3c(c2)CC(N)C3)c(-c2nnco2)nc1-c1cccc(Cl)c1Cl. The lowest BCUT2D eigenvalue weighted by molar-refractivity contribution is 0.566. The molecule has 1 unspecified atom stereocenters. The highest BCUT2D eigenvalue weighted by molar-refractivity contribution is 6.43. The minimum absolute atomic E-state index is 0.133. The first-order chi connectivity index (χ1) is 14.5. The van der Waals surface area contributed by atoms with Crippen LogP contribution >= 0.6 is 23.2 Å². The maximum atomic E-state index is 6.39. The Labute approximate surface area is 182 Å². The van der Waals surface area contributed by atoms with Gasteiger partial charge >= 0.3 is 0 Å². The van der Waals surface area contributed by atoms with Gasteiger partial charge in [0.15, 0.2) is 11.5 Å². The number of benzene rings is 2. The lowest BCUT2D eigenvalue weighted by Crippen LogP contribution is -2.18. The molecule has 2 heterocycles. The molecule has 4 N–H and O–H groups in total. The number of nitrogens with two attached hydrogens (primary N) is 2. The Morgan fingerprint density at radius 1 is 0.967 bits per heavy atom. The standard InChI is InChI=1S/C21H16Cl2N6O/c22-15-3-1-2-14(16(15)23)18-20(25)28-17(19(27-18)21-29-26-9-30-21)11-5-4-10-7-13(24)8-12(10)6-11/h1-6,9,13H,7-8,24H2,(H2,25,28). The van der Waals surface area contributed by atoms with E-state index in [0.717, 1.165) is 18.4 Å². The number of fused-ring (bicyclic) bond motifs is 1. The fourth-order valence-corrected chi connectivity index (χ4v) is 4.15. The van der Waals surface area contributed by atoms with E-state index in [1.165, 1.54) is 17.5 Å². The van der Waals surface area contributed by atoms with Crippen LogP contribution in [0.25, 0.3) is 34.1 Å². The first-order valence-corrected chi connectivity index (χ1v) is 10.0. The number of aromatic nitrogens is 4. The van der Waals surface area contributed by atoms with Crippen LogP contribution in [0.15, 0.2) is 47.2 Å². The van der Waals surface area contributed by atoms with Crippen molar-refractivity contribution in [3.8, 4) is 34.1 Å². The van der Waals surface area contributed by atoms with Crippen molar-refractivity contribution in [3.63, 3.8) is 0 Å². The van der Waals surface area contributed by atoms with Crippen LogP contribution in [-0.4, -0.2) is 26.2 Å². The van der Waals surface area contributed by atoms with Crippen molar-refractivity contribution in [2.75, 3.05) is 5.73 Å². The van der Waals surface area contributed by atoms with Crippen LogP contribution in [0, 0.1) is 0 Å². The van der Waals surface area contributed by atoms with Gasteiger partial charge in [-0.3, -0.25) is 0 Å². The minimum atomic E-state index is 0.133. The Morgan fingerprint density at radius 3 is 2.60 bits per heavy atom. The average molecular weight is 439 g/mol. The maximum Gasteiger partial charge on any atom is 0.268 e. The third-order valence-corrected chi connectivity index (χ3v) is 5.95. The number of anilines is 1. The molecule has 9 heteroatoms. The number of nitrogens with zero attached hydrogens (tertiary/aromatic N) is 4. The molecule has 1 aliphatic carbocycles. The van der Waals surface area contributed by atoms with Gasteiger partial charge in [0.2, 0.25) is 6.39 Å². The second-order valence-electron chi connectivity index (χ2n) is 7.15. The predicted molar refractivity (Wildman–Crippen MR) is 116 cm³/mol. The third kappa shape index (κ3) is 3.21. The minimum Gasteiger partial charge on any atom is -0.422 e. The molecule has 0 fully saturated rings. The Hall–Kier alpha value is -3.00. The normalized spacial score (nSPS) is 15.4. The van der Waals surface area contributed by atoms with Gasteiger partial charge in [0.1, 0.15) is 11.4 Å². The summed E-state index contributed by atoms with van der Waals surface area (Å²) in [6.45, 7) is 0. The number of nitrogen functional groups attached to an aromatic ring is 1. The van der Waals surface area contributed by atoms with Crippen molar-refractivity contribution in [2.24, 2.45) is 5.73 Å². The second-order valence-corrected chi connectivity index (χ2v) is 7.94. The zero-order valence-electron chi connectivity index (χ0n) is 15.6. The highest BCUT2D eigenvalue weighted by Crippen LogP contribution is 2.38. The van der Waals surface area contributed by atoms with E-state index in [9.17, 15) is 0 Å². The van der Waals surface area contributed by atoms with Crippen molar-refractivity contribution in [2.45, 2.75) is 18.9 Å². The van der Waals surface area contributed by atoms with E-state index in [1.54, 1.807) is 18.2 Å². The van der Waals surface area contributed by atoms with Crippen LogP contribution in [0.2, 0.25) is 10.0 Å². The molecule has 5 rings (SSSR count). The Morgan fingerprint density at radius 2 is 1.80 bits per heavy atom. The molecule has 2 aromatic carbocycles. The van der Waals surface area contributed by atoms with E-state index in [-0.39, 0.29) is 17.8 Å². The first-order valence-electron chi connectivity index (χ1n) is 9.27. The van der Waals surface area contributed by atoms with E-state index >= 15 is 0 Å². The van der Waals surface area contributed by atoms with Crippen LogP contribution in [0.3, 0.4) is 0 Å². The van der Waals surface area contributed by atoms with E-state index in [0.29, 0.717) is 32.7 Å². The summed E-state index contributed by atoms with van der Waals surface area (Å²) < 4.78 is 5.43. The summed E-state index contributed by atoms with van der Waals surface area (Å²) in [6, 6.07) is 11.5. The van der Waals surface area contributed by atoms with Crippen molar-refractivity contribution >= 4 is 29.0 Å². The molecule has 0 amide bonds. The van der Waals surface area contributed by atoms with Crippen LogP contribution in [0.1, 0.15) is 11.1 Å². The summed E-state index contributed by atoms with van der Waals surface area (Å²) >= 11 is 12.6. The van der Waals surface area contributed by atoms with Gasteiger partial charge in [0, 0.05) is 17.2 Å². The molecule has 0 radical (unpaired) electrons. The first kappa shape index (κ1) is 19.0. The largest absolute Gasteiger partial charge is 0.422 e. The summed E-state index contributed by atoms with van der Waals surface area (Å²) in [6.07, 6.45) is 2.93. The summed E-state index contributed by atoms with van der Waals surface area (Å²) in [5.41, 5.74) is 17.6. The van der Waals surface area contributed by atoms with E-state index < -0.39 is 0 Å². The fourth-order valence-electron chi connectivity index (χ4n) is 3.76. The smallest absolute Gasteiger partial charge is 0.268 e. The van der Waals surface area contributed by atoms with Crippen LogP contribution < -0.4 is 11.5 Å². The second kappa shape index (κ2) is 7.36. The highest BCUT2D eigenvalue weighted by Gasteiger charge is 2.24. The monoisotopic (exact) mass is 438 g/mol. The van der Waals surface area contributed by atoms with Crippen LogP contribution in [0.5, 0.6) is 0 Å². The average Bonchev–Trinajstić information content (AvgIpc) is 3.38. The summed E-state index contributed by atoms with van der Waals surface area (Å²) in [5.74, 6) is 0.448. The Balaban J connectivity index is 1.72. The summed E-state index contributed by atoms with van der Waals surface area (Å²) in [4.78, 5) is 9.37. The van der Waals surface area contributed by atoms with Gasteiger partial charge in [0.05, 0.1) is 10.0 Å². The zero-order chi connectivity index (χ0) is 20.8. The molecule has 150 valence electrons. The summed E-state index contributed by atoms with van der Waals surface area (Å²) in [5, 5.41) is 8.54. The topological polar surface area (TPSA) is 117 Å². The van der Waals surface area contributed by atoms with Crippen molar-refractivity contribution < 1.29 is 4.42 Å². The molecule has 7 nitrogen and oxygen atoms in total. The lowest BCUT2D eigenvalue weighted by Gasteiger charge is -2.13. The molecule has 0 saturated heterocycles. The number of rotatable bonds is 3. The van der Waals surface area contributed by atoms with Gasteiger partial charge in [0.25, 0.3) is 5.89 Å². The van der Waals surface area contributed by atoms with Crippen LogP contribution in [0.4, 0.5) is 5.82 Å². The van der Waals surface area contributed by atoms with E-state index in [2.05, 4.69) is 27.3 Å². The molecule has 0 saturated carbocycles. The van der Waals surface area contributed by atoms with Crippen molar-refractivity contribution in [3.05, 3.63) is 64.0 Å². The van der Waals surface area contributed by atoms with Gasteiger partial charge in [-0.25, -0.2) is 9.97 Å². The molecule has 30 heavy (non-hydrogen) atoms. The zero-order valence-corrected chi connectivity index (χ0v) is 17.2. The molecule has 0 bridgehead atoms. The molecule has 1 aliphatic rings. The molecule has 0 aliphatic heterocycles. The van der Waals surface area contributed by atoms with Crippen molar-refractivity contribution in [1.29, 1.82) is 0 Å². The Kier molecular flexibility index (Phi) is 4.66. The maximum absolute atomic E-state index is 6.39. The highest BCUT2D eigenvalue weighted by atomic mass is 35.5. The van der Waals surface area contributed by atoms with Gasteiger partial charge in [-0.2, -0.15) is 0 Å². The summed E-state index contributed by atoms with van der Waals surface area (Å²) in [7, 11) is 0. The van der Waals surface area contributed by atoms with Gasteiger partial charge in [-0.15, -0.1) is 10.2 Å². The lowest BCUT2D eigenvalue weighted by atomic mass is 10.0. The predicted octanol–water partition coefficient (Wildman–Crippen LogP) is 4.18. The number of halogens is 2. The number of hydrogen-bond acceptors (Lipinski definition) is 7. The van der Waals surface area contributed by atoms with Gasteiger partial charge in [-0.1, -0.05) is 47.5 Å². The van der Waals surface area contributed by atoms with Crippen molar-refractivity contribution in [1.82, 2.24) is 20.2 Å². The molecular weight excluding hydrogens is 423 g/mol. The quantitative estimate of drug-likeness (QED) is 0.492. The number of hydrogen-bond donors (Lipinski definition) is 2. The molecule has 1 atom stereocenters. The van der Waals surface area contributed by atoms with Gasteiger partial charge in [-0.05, 0) is 36.1 Å². The molecule has 2 aromatic heterocycles. The fraction of sp³-hybridized carbons (Fsp3) is 0.143. The molecule has 0 spiro atoms. The van der Waals surface area contributed by atoms with E-state index in [4.69, 9.17) is 44.1 Å².